The van der Waals surface area contributed by atoms with Gasteiger partial charge in [-0.3, -0.25) is 19.1 Å². The fraction of sp³-hybridized carbons (Fsp3) is 0.233. The molecule has 1 saturated heterocycles. The van der Waals surface area contributed by atoms with Crippen molar-refractivity contribution in [3.63, 3.8) is 0 Å². The predicted octanol–water partition coefficient (Wildman–Crippen LogP) is 4.77. The third-order valence-corrected chi connectivity index (χ3v) is 6.98. The van der Waals surface area contributed by atoms with Crippen LogP contribution in [0.2, 0.25) is 0 Å². The maximum Gasteiger partial charge on any atom is 0.335 e. The topological polar surface area (TPSA) is 122 Å². The Bertz CT molecular complexity index is 1860. The average molecular weight is 611 g/mol. The normalized spacial score (nSPS) is 14.0. The number of rotatable bonds is 9. The Balaban J connectivity index is 1.40. The molecule has 0 radical (unpaired) electrons. The second kappa shape index (κ2) is 12.1. The molecule has 5 rings (SSSR count). The lowest BCUT2D eigenvalue weighted by molar-refractivity contribution is 0.0257. The number of pyridine rings is 1. The molecule has 228 valence electrons. The summed E-state index contributed by atoms with van der Waals surface area (Å²) in [7, 11) is 0. The zero-order chi connectivity index (χ0) is 31.6. The van der Waals surface area contributed by atoms with Crippen LogP contribution < -0.4 is 26.2 Å². The van der Waals surface area contributed by atoms with Gasteiger partial charge < -0.3 is 20.4 Å². The van der Waals surface area contributed by atoms with Crippen molar-refractivity contribution >= 4 is 23.5 Å². The van der Waals surface area contributed by atoms with Crippen LogP contribution in [-0.2, 0) is 13.0 Å². The molecule has 0 saturated carbocycles. The minimum absolute atomic E-state index is 0.0345. The molecule has 0 aliphatic carbocycles. The van der Waals surface area contributed by atoms with Gasteiger partial charge in [0, 0.05) is 56.2 Å². The summed E-state index contributed by atoms with van der Waals surface area (Å²) in [5.41, 5.74) is -1.43. The monoisotopic (exact) mass is 610 g/mol. The van der Waals surface area contributed by atoms with Crippen LogP contribution >= 0.6 is 0 Å². The lowest BCUT2D eigenvalue weighted by atomic mass is 10.2. The van der Waals surface area contributed by atoms with Gasteiger partial charge in [-0.25, -0.2) is 26.9 Å². The summed E-state index contributed by atoms with van der Waals surface area (Å²) in [4.78, 5) is 44.8. The molecule has 3 heterocycles. The number of hydrogen-bond acceptors (Lipinski definition) is 7. The molecule has 14 heteroatoms. The number of nitrogens with one attached hydrogen (secondary N) is 2. The Morgan fingerprint density at radius 3 is 2.48 bits per heavy atom. The van der Waals surface area contributed by atoms with E-state index in [1.54, 1.807) is 6.92 Å². The quantitative estimate of drug-likeness (QED) is 0.208. The van der Waals surface area contributed by atoms with Crippen molar-refractivity contribution in [1.29, 1.82) is 5.41 Å². The molecule has 0 unspecified atom stereocenters. The Hall–Kier alpha value is -5.27. The summed E-state index contributed by atoms with van der Waals surface area (Å²) >= 11 is 0. The number of benzene rings is 2. The molecule has 0 atom stereocenters. The van der Waals surface area contributed by atoms with Crippen LogP contribution in [-0.4, -0.2) is 45.3 Å². The molecular weight excluding hydrogens is 584 g/mol. The average Bonchev–Trinajstić information content (AvgIpc) is 3.36. The highest BCUT2D eigenvalue weighted by Crippen LogP contribution is 2.35. The molecule has 10 nitrogen and oxygen atoms in total. The van der Waals surface area contributed by atoms with Crippen molar-refractivity contribution < 1.29 is 27.1 Å². The minimum Gasteiger partial charge on any atom is -0.452 e. The van der Waals surface area contributed by atoms with Gasteiger partial charge in [-0.1, -0.05) is 0 Å². The van der Waals surface area contributed by atoms with E-state index in [4.69, 9.17) is 10.1 Å². The van der Waals surface area contributed by atoms with E-state index in [1.165, 1.54) is 41.4 Å². The van der Waals surface area contributed by atoms with Gasteiger partial charge in [-0.05, 0) is 43.3 Å². The fourth-order valence-corrected chi connectivity index (χ4v) is 4.71. The van der Waals surface area contributed by atoms with E-state index < -0.39 is 46.8 Å². The first-order chi connectivity index (χ1) is 21.0. The Morgan fingerprint density at radius 1 is 1.09 bits per heavy atom. The molecule has 1 aliphatic rings. The van der Waals surface area contributed by atoms with Crippen LogP contribution in [0.5, 0.6) is 11.5 Å². The first-order valence-corrected chi connectivity index (χ1v) is 13.5. The number of aromatic nitrogens is 3. The van der Waals surface area contributed by atoms with Crippen molar-refractivity contribution in [1.82, 2.24) is 14.1 Å². The molecule has 1 fully saturated rings. The van der Waals surface area contributed by atoms with Gasteiger partial charge in [0.2, 0.25) is 0 Å². The zero-order valence-corrected chi connectivity index (χ0v) is 23.3. The van der Waals surface area contributed by atoms with Crippen LogP contribution in [0.1, 0.15) is 29.4 Å². The van der Waals surface area contributed by atoms with Gasteiger partial charge in [0.05, 0.1) is 29.8 Å². The van der Waals surface area contributed by atoms with Gasteiger partial charge >= 0.3 is 5.69 Å². The first kappa shape index (κ1) is 30.2. The standard InChI is InChI=1S/C30H26F4N6O4/c1-2-38-16-22(28(42)40(29(38)43)20-6-3-18(31)4-7-20)27(41)37-19-5-8-25(23(32)13-19)44-26-14-21(15-36-24(26)9-11-35)39-12-10-30(33,34)17-39/h3-8,11,13-16,35H,2,9-10,12,17H2,1H3,(H,37,41). The van der Waals surface area contributed by atoms with Crippen LogP contribution in [0.4, 0.5) is 28.9 Å². The number of anilines is 2. The highest BCUT2D eigenvalue weighted by molar-refractivity contribution is 6.03. The van der Waals surface area contributed by atoms with Crippen molar-refractivity contribution in [3.8, 4) is 17.2 Å². The summed E-state index contributed by atoms with van der Waals surface area (Å²) in [6, 6.07) is 9.55. The SMILES string of the molecule is CCn1cc(C(=O)Nc2ccc(Oc3cc(N4CCC(F)(F)C4)cnc3CC=N)c(F)c2)c(=O)n(-c2ccc(F)cc2)c1=O. The van der Waals surface area contributed by atoms with E-state index >= 15 is 4.39 Å². The van der Waals surface area contributed by atoms with Gasteiger partial charge in [0.25, 0.3) is 17.4 Å². The first-order valence-electron chi connectivity index (χ1n) is 13.5. The summed E-state index contributed by atoms with van der Waals surface area (Å²) < 4.78 is 63.7. The lowest BCUT2D eigenvalue weighted by Gasteiger charge is -2.20. The third kappa shape index (κ3) is 6.23. The van der Waals surface area contributed by atoms with Crippen LogP contribution in [0.3, 0.4) is 0 Å². The molecule has 0 bridgehead atoms. The van der Waals surface area contributed by atoms with Crippen molar-refractivity contribution in [2.45, 2.75) is 32.2 Å². The summed E-state index contributed by atoms with van der Waals surface area (Å²) in [6.45, 7) is 1.37. The highest BCUT2D eigenvalue weighted by Gasteiger charge is 2.38. The Morgan fingerprint density at radius 2 is 1.84 bits per heavy atom. The maximum absolute atomic E-state index is 15.2. The Kier molecular flexibility index (Phi) is 8.34. The number of amides is 1. The fourth-order valence-electron chi connectivity index (χ4n) is 4.71. The molecule has 2 N–H and O–H groups in total. The van der Waals surface area contributed by atoms with Crippen LogP contribution in [0.15, 0.2) is 70.5 Å². The van der Waals surface area contributed by atoms with E-state index in [9.17, 15) is 27.6 Å². The van der Waals surface area contributed by atoms with E-state index in [-0.39, 0.29) is 54.5 Å². The van der Waals surface area contributed by atoms with Crippen molar-refractivity contribution in [2.24, 2.45) is 0 Å². The van der Waals surface area contributed by atoms with Crippen molar-refractivity contribution in [2.75, 3.05) is 23.3 Å². The van der Waals surface area contributed by atoms with Gasteiger partial charge in [-0.2, -0.15) is 0 Å². The van der Waals surface area contributed by atoms with Gasteiger partial charge in [0.1, 0.15) is 11.4 Å². The second-order valence-electron chi connectivity index (χ2n) is 10.0. The number of halogens is 4. The highest BCUT2D eigenvalue weighted by atomic mass is 19.3. The molecule has 44 heavy (non-hydrogen) atoms. The predicted molar refractivity (Wildman–Crippen MR) is 155 cm³/mol. The number of alkyl halides is 2. The van der Waals surface area contributed by atoms with Crippen molar-refractivity contribution in [3.05, 3.63) is 105 Å². The van der Waals surface area contributed by atoms with E-state index in [0.717, 1.165) is 39.7 Å². The summed E-state index contributed by atoms with van der Waals surface area (Å²) in [6.07, 6.45) is 3.30. The number of nitrogens with zero attached hydrogens (tertiary/aromatic N) is 4. The number of hydrogen-bond donors (Lipinski definition) is 2. The number of carbonyl (C=O) groups is 1. The third-order valence-electron chi connectivity index (χ3n) is 6.98. The molecular formula is C30H26F4N6O4. The molecule has 1 aliphatic heterocycles. The van der Waals surface area contributed by atoms with E-state index in [1.807, 2.05) is 0 Å². The smallest absolute Gasteiger partial charge is 0.335 e. The van der Waals surface area contributed by atoms with E-state index in [0.29, 0.717) is 5.69 Å². The molecule has 1 amide bonds. The van der Waals surface area contributed by atoms with Gasteiger partial charge in [0.15, 0.2) is 17.3 Å². The Labute approximate surface area is 247 Å². The number of carbonyl (C=O) groups excluding carboxylic acids is 1. The largest absolute Gasteiger partial charge is 0.452 e. The summed E-state index contributed by atoms with van der Waals surface area (Å²) in [5.74, 6) is -5.44. The second-order valence-corrected chi connectivity index (χ2v) is 10.0. The molecule has 2 aromatic heterocycles. The molecule has 0 spiro atoms. The lowest BCUT2D eigenvalue weighted by Crippen LogP contribution is -2.42. The van der Waals surface area contributed by atoms with Crippen LogP contribution in [0, 0.1) is 17.0 Å². The molecule has 2 aromatic carbocycles. The van der Waals surface area contributed by atoms with Gasteiger partial charge in [-0.15, -0.1) is 0 Å². The maximum atomic E-state index is 15.2. The minimum atomic E-state index is -2.84. The zero-order valence-electron chi connectivity index (χ0n) is 23.3. The number of ether oxygens (including phenoxy) is 1. The van der Waals surface area contributed by atoms with E-state index in [2.05, 4.69) is 10.3 Å². The van der Waals surface area contributed by atoms with Crippen LogP contribution in [0.25, 0.3) is 5.69 Å². The summed E-state index contributed by atoms with van der Waals surface area (Å²) in [5, 5.41) is 9.85. The number of aryl methyl sites for hydroxylation is 1. The molecule has 4 aromatic rings.